The summed E-state index contributed by atoms with van der Waals surface area (Å²) in [5.41, 5.74) is 0.412. The van der Waals surface area contributed by atoms with Crippen LogP contribution in [0.1, 0.15) is 16.8 Å². The molecule has 0 spiro atoms. The van der Waals surface area contributed by atoms with Crippen molar-refractivity contribution in [1.29, 1.82) is 0 Å². The zero-order valence-corrected chi connectivity index (χ0v) is 12.1. The average molecular weight is 315 g/mol. The van der Waals surface area contributed by atoms with Crippen LogP contribution in [0.5, 0.6) is 0 Å². The molecule has 1 atom stereocenters. The number of hydrogen-bond donors (Lipinski definition) is 0. The van der Waals surface area contributed by atoms with E-state index in [-0.39, 0.29) is 5.91 Å². The summed E-state index contributed by atoms with van der Waals surface area (Å²) in [6, 6.07) is 4.91. The van der Waals surface area contributed by atoms with Crippen molar-refractivity contribution in [3.63, 3.8) is 0 Å². The molecule has 0 bridgehead atoms. The Morgan fingerprint density at radius 1 is 1.50 bits per heavy atom. The van der Waals surface area contributed by atoms with Crippen LogP contribution in [0.3, 0.4) is 0 Å². The smallest absolute Gasteiger partial charge is 0.254 e. The molecular formula is C13H16BrFN2O. The lowest BCUT2D eigenvalue weighted by molar-refractivity contribution is 0.0782. The maximum Gasteiger partial charge on any atom is 0.254 e. The van der Waals surface area contributed by atoms with Gasteiger partial charge in [-0.25, -0.2) is 4.39 Å². The first-order valence-electron chi connectivity index (χ1n) is 5.90. The van der Waals surface area contributed by atoms with Crippen LogP contribution in [-0.2, 0) is 0 Å². The minimum absolute atomic E-state index is 0.0919. The Labute approximate surface area is 115 Å². The number of carbonyl (C=O) groups excluding carboxylic acids is 1. The second-order valence-electron chi connectivity index (χ2n) is 4.79. The van der Waals surface area contributed by atoms with Gasteiger partial charge < -0.3 is 9.80 Å². The Bertz CT molecular complexity index is 464. The number of amides is 1. The first-order chi connectivity index (χ1) is 8.49. The predicted octanol–water partition coefficient (Wildman–Crippen LogP) is 2.36. The maximum absolute atomic E-state index is 13.4. The summed E-state index contributed by atoms with van der Waals surface area (Å²) >= 11 is 3.08. The van der Waals surface area contributed by atoms with E-state index in [0.29, 0.717) is 22.6 Å². The molecule has 1 unspecified atom stereocenters. The molecule has 5 heteroatoms. The molecule has 1 amide bonds. The Morgan fingerprint density at radius 2 is 2.22 bits per heavy atom. The molecule has 1 saturated heterocycles. The van der Waals surface area contributed by atoms with Gasteiger partial charge in [-0.2, -0.15) is 0 Å². The van der Waals surface area contributed by atoms with E-state index in [1.54, 1.807) is 17.0 Å². The minimum Gasteiger partial charge on any atom is -0.337 e. The van der Waals surface area contributed by atoms with Crippen LogP contribution < -0.4 is 0 Å². The molecule has 2 rings (SSSR count). The van der Waals surface area contributed by atoms with Gasteiger partial charge in [0.05, 0.1) is 4.47 Å². The third kappa shape index (κ3) is 2.72. The van der Waals surface area contributed by atoms with Crippen molar-refractivity contribution >= 4 is 21.8 Å². The van der Waals surface area contributed by atoms with Crippen LogP contribution in [-0.4, -0.2) is 48.9 Å². The van der Waals surface area contributed by atoms with Crippen molar-refractivity contribution in [3.8, 4) is 0 Å². The van der Waals surface area contributed by atoms with E-state index in [1.807, 2.05) is 14.1 Å². The normalized spacial score (nSPS) is 19.6. The van der Waals surface area contributed by atoms with Gasteiger partial charge in [0, 0.05) is 24.7 Å². The molecule has 1 fully saturated rings. The molecule has 98 valence electrons. The number of carbonyl (C=O) groups is 1. The van der Waals surface area contributed by atoms with Crippen molar-refractivity contribution in [1.82, 2.24) is 9.80 Å². The standard InChI is InChI=1S/C13H16BrFN2O/c1-16(2)10-5-6-17(8-10)13(18)9-3-4-11(14)12(15)7-9/h3-4,7,10H,5-6,8H2,1-2H3. The van der Waals surface area contributed by atoms with E-state index in [4.69, 9.17) is 0 Å². The molecule has 0 N–H and O–H groups in total. The van der Waals surface area contributed by atoms with Crippen LogP contribution in [0.4, 0.5) is 4.39 Å². The zero-order chi connectivity index (χ0) is 13.3. The van der Waals surface area contributed by atoms with Gasteiger partial charge in [-0.1, -0.05) is 0 Å². The van der Waals surface area contributed by atoms with Crippen molar-refractivity contribution in [2.24, 2.45) is 0 Å². The quantitative estimate of drug-likeness (QED) is 0.836. The zero-order valence-electron chi connectivity index (χ0n) is 10.5. The van der Waals surface area contributed by atoms with Crippen molar-refractivity contribution in [3.05, 3.63) is 34.1 Å². The highest BCUT2D eigenvalue weighted by atomic mass is 79.9. The third-order valence-electron chi connectivity index (χ3n) is 3.35. The maximum atomic E-state index is 13.4. The molecule has 0 aromatic heterocycles. The summed E-state index contributed by atoms with van der Waals surface area (Å²) in [4.78, 5) is 16.1. The molecule has 18 heavy (non-hydrogen) atoms. The second kappa shape index (κ2) is 5.36. The lowest BCUT2D eigenvalue weighted by atomic mass is 10.2. The van der Waals surface area contributed by atoms with Gasteiger partial charge in [-0.05, 0) is 54.6 Å². The fourth-order valence-corrected chi connectivity index (χ4v) is 2.41. The van der Waals surface area contributed by atoms with E-state index >= 15 is 0 Å². The molecule has 1 aromatic rings. The van der Waals surface area contributed by atoms with Crippen LogP contribution >= 0.6 is 15.9 Å². The van der Waals surface area contributed by atoms with Gasteiger partial charge in [0.1, 0.15) is 5.82 Å². The van der Waals surface area contributed by atoms with E-state index in [2.05, 4.69) is 20.8 Å². The number of halogens is 2. The fraction of sp³-hybridized carbons (Fsp3) is 0.462. The summed E-state index contributed by atoms with van der Waals surface area (Å²) < 4.78 is 13.8. The number of hydrogen-bond acceptors (Lipinski definition) is 2. The Balaban J connectivity index is 2.10. The molecule has 1 aliphatic heterocycles. The predicted molar refractivity (Wildman–Crippen MR) is 72.1 cm³/mol. The van der Waals surface area contributed by atoms with Crippen LogP contribution in [0.25, 0.3) is 0 Å². The number of nitrogens with zero attached hydrogens (tertiary/aromatic N) is 2. The van der Waals surface area contributed by atoms with Crippen molar-refractivity contribution in [2.75, 3.05) is 27.2 Å². The van der Waals surface area contributed by atoms with E-state index < -0.39 is 5.82 Å². The molecule has 1 heterocycles. The van der Waals surface area contributed by atoms with Gasteiger partial charge >= 0.3 is 0 Å². The van der Waals surface area contributed by atoms with Gasteiger partial charge in [0.2, 0.25) is 0 Å². The SMILES string of the molecule is CN(C)C1CCN(C(=O)c2ccc(Br)c(F)c2)C1. The second-order valence-corrected chi connectivity index (χ2v) is 5.64. The lowest BCUT2D eigenvalue weighted by Gasteiger charge is -2.20. The number of likely N-dealkylation sites (tertiary alicyclic amines) is 1. The highest BCUT2D eigenvalue weighted by Crippen LogP contribution is 2.20. The summed E-state index contributed by atoms with van der Waals surface area (Å²) in [5, 5.41) is 0. The van der Waals surface area contributed by atoms with Gasteiger partial charge in [0.25, 0.3) is 5.91 Å². The number of likely N-dealkylation sites (N-methyl/N-ethyl adjacent to an activating group) is 1. The monoisotopic (exact) mass is 314 g/mol. The molecule has 1 aliphatic rings. The average Bonchev–Trinajstić information content (AvgIpc) is 2.81. The molecule has 0 saturated carbocycles. The van der Waals surface area contributed by atoms with Gasteiger partial charge in [0.15, 0.2) is 0 Å². The largest absolute Gasteiger partial charge is 0.337 e. The lowest BCUT2D eigenvalue weighted by Crippen LogP contribution is -2.34. The summed E-state index contributed by atoms with van der Waals surface area (Å²) in [5.74, 6) is -0.491. The summed E-state index contributed by atoms with van der Waals surface area (Å²) in [6.45, 7) is 1.45. The van der Waals surface area contributed by atoms with Crippen LogP contribution in [0.15, 0.2) is 22.7 Å². The van der Waals surface area contributed by atoms with Gasteiger partial charge in [-0.3, -0.25) is 4.79 Å². The highest BCUT2D eigenvalue weighted by Gasteiger charge is 2.28. The highest BCUT2D eigenvalue weighted by molar-refractivity contribution is 9.10. The first kappa shape index (κ1) is 13.5. The number of rotatable bonds is 2. The van der Waals surface area contributed by atoms with Crippen molar-refractivity contribution in [2.45, 2.75) is 12.5 Å². The van der Waals surface area contributed by atoms with E-state index in [0.717, 1.165) is 13.0 Å². The topological polar surface area (TPSA) is 23.6 Å². The summed E-state index contributed by atoms with van der Waals surface area (Å²) in [7, 11) is 4.02. The van der Waals surface area contributed by atoms with Crippen LogP contribution in [0.2, 0.25) is 0 Å². The Hall–Kier alpha value is -0.940. The van der Waals surface area contributed by atoms with E-state index in [9.17, 15) is 9.18 Å². The Kier molecular flexibility index (Phi) is 4.02. The molecule has 1 aromatic carbocycles. The Morgan fingerprint density at radius 3 is 2.78 bits per heavy atom. The minimum atomic E-state index is -0.399. The number of benzene rings is 1. The van der Waals surface area contributed by atoms with Crippen molar-refractivity contribution < 1.29 is 9.18 Å². The molecule has 0 radical (unpaired) electrons. The first-order valence-corrected chi connectivity index (χ1v) is 6.69. The van der Waals surface area contributed by atoms with Gasteiger partial charge in [-0.15, -0.1) is 0 Å². The molecular weight excluding hydrogens is 299 g/mol. The van der Waals surface area contributed by atoms with Crippen LogP contribution in [0, 0.1) is 5.82 Å². The van der Waals surface area contributed by atoms with E-state index in [1.165, 1.54) is 6.07 Å². The molecule has 3 nitrogen and oxygen atoms in total. The third-order valence-corrected chi connectivity index (χ3v) is 3.99. The summed E-state index contributed by atoms with van der Waals surface area (Å²) in [6.07, 6.45) is 0.970. The molecule has 0 aliphatic carbocycles. The fourth-order valence-electron chi connectivity index (χ4n) is 2.16.